The van der Waals surface area contributed by atoms with Gasteiger partial charge in [0.2, 0.25) is 0 Å². The van der Waals surface area contributed by atoms with Crippen molar-refractivity contribution >= 4 is 39.1 Å². The summed E-state index contributed by atoms with van der Waals surface area (Å²) >= 11 is 15.2. The van der Waals surface area contributed by atoms with Crippen molar-refractivity contribution in [2.24, 2.45) is 5.84 Å². The highest BCUT2D eigenvalue weighted by molar-refractivity contribution is 9.10. The van der Waals surface area contributed by atoms with Crippen molar-refractivity contribution in [3.8, 4) is 0 Å². The van der Waals surface area contributed by atoms with Crippen LogP contribution < -0.4 is 11.3 Å². The fourth-order valence-electron chi connectivity index (χ4n) is 1.97. The van der Waals surface area contributed by atoms with Crippen LogP contribution >= 0.6 is 39.1 Å². The van der Waals surface area contributed by atoms with Gasteiger partial charge in [0, 0.05) is 15.6 Å². The predicted molar refractivity (Wildman–Crippen MR) is 84.3 cm³/mol. The monoisotopic (exact) mass is 376 g/mol. The molecule has 0 aromatic heterocycles. The molecule has 2 nitrogen and oxygen atoms in total. The third-order valence-corrected chi connectivity index (χ3v) is 4.21. The smallest absolute Gasteiger partial charge is 0.142 e. The molecule has 2 rings (SSSR count). The van der Waals surface area contributed by atoms with Crippen molar-refractivity contribution < 1.29 is 4.39 Å². The summed E-state index contributed by atoms with van der Waals surface area (Å²) in [6.45, 7) is 0. The minimum atomic E-state index is -0.400. The SMILES string of the molecule is NNC(Cc1cc(Cl)ccc1Cl)c1cccc(Br)c1F. The number of benzene rings is 2. The number of hydrogen-bond donors (Lipinski definition) is 2. The Labute approximate surface area is 135 Å². The average molecular weight is 378 g/mol. The van der Waals surface area contributed by atoms with Gasteiger partial charge in [-0.15, -0.1) is 0 Å². The van der Waals surface area contributed by atoms with Gasteiger partial charge in [-0.05, 0) is 52.2 Å². The molecule has 0 aliphatic carbocycles. The third-order valence-electron chi connectivity index (χ3n) is 2.99. The largest absolute Gasteiger partial charge is 0.271 e. The van der Waals surface area contributed by atoms with E-state index in [0.29, 0.717) is 26.5 Å². The highest BCUT2D eigenvalue weighted by Crippen LogP contribution is 2.29. The topological polar surface area (TPSA) is 38.0 Å². The minimum absolute atomic E-state index is 0.339. The first-order valence-electron chi connectivity index (χ1n) is 5.87. The van der Waals surface area contributed by atoms with Crippen LogP contribution in [0.25, 0.3) is 0 Å². The van der Waals surface area contributed by atoms with E-state index in [9.17, 15) is 4.39 Å². The van der Waals surface area contributed by atoms with Crippen LogP contribution in [0, 0.1) is 5.82 Å². The number of hydrazine groups is 1. The molecule has 0 heterocycles. The van der Waals surface area contributed by atoms with Gasteiger partial charge in [0.1, 0.15) is 5.82 Å². The van der Waals surface area contributed by atoms with E-state index >= 15 is 0 Å². The highest BCUT2D eigenvalue weighted by Gasteiger charge is 2.18. The van der Waals surface area contributed by atoms with Crippen LogP contribution in [-0.4, -0.2) is 0 Å². The summed E-state index contributed by atoms with van der Waals surface area (Å²) in [5.74, 6) is 5.21. The second-order valence-corrected chi connectivity index (χ2v) is 6.00. The van der Waals surface area contributed by atoms with Crippen molar-refractivity contribution in [2.45, 2.75) is 12.5 Å². The molecule has 3 N–H and O–H groups in total. The van der Waals surface area contributed by atoms with Crippen molar-refractivity contribution in [1.82, 2.24) is 5.43 Å². The lowest BCUT2D eigenvalue weighted by molar-refractivity contribution is 0.508. The van der Waals surface area contributed by atoms with Gasteiger partial charge in [-0.2, -0.15) is 0 Å². The van der Waals surface area contributed by atoms with Gasteiger partial charge in [-0.25, -0.2) is 4.39 Å². The molecule has 0 saturated carbocycles. The van der Waals surface area contributed by atoms with Crippen LogP contribution in [-0.2, 0) is 6.42 Å². The molecule has 1 atom stereocenters. The Balaban J connectivity index is 2.34. The summed E-state index contributed by atoms with van der Waals surface area (Å²) in [4.78, 5) is 0. The van der Waals surface area contributed by atoms with Gasteiger partial charge in [0.25, 0.3) is 0 Å². The fraction of sp³-hybridized carbons (Fsp3) is 0.143. The maximum atomic E-state index is 14.1. The zero-order valence-corrected chi connectivity index (χ0v) is 13.4. The Morgan fingerprint density at radius 3 is 2.70 bits per heavy atom. The normalized spacial score (nSPS) is 12.4. The van der Waals surface area contributed by atoms with E-state index in [1.165, 1.54) is 0 Å². The molecule has 106 valence electrons. The summed E-state index contributed by atoms with van der Waals surface area (Å²) in [5.41, 5.74) is 3.90. The van der Waals surface area contributed by atoms with Gasteiger partial charge in [-0.1, -0.05) is 35.3 Å². The Morgan fingerprint density at radius 1 is 1.25 bits per heavy atom. The summed E-state index contributed by atoms with van der Waals surface area (Å²) < 4.78 is 14.5. The number of nitrogens with two attached hydrogens (primary N) is 1. The van der Waals surface area contributed by atoms with Gasteiger partial charge in [-0.3, -0.25) is 11.3 Å². The molecule has 0 aliphatic heterocycles. The van der Waals surface area contributed by atoms with Crippen LogP contribution in [0.1, 0.15) is 17.2 Å². The second kappa shape index (κ2) is 6.87. The summed E-state index contributed by atoms with van der Waals surface area (Å²) in [6, 6.07) is 9.85. The fourth-order valence-corrected chi connectivity index (χ4v) is 2.74. The van der Waals surface area contributed by atoms with E-state index in [1.54, 1.807) is 36.4 Å². The van der Waals surface area contributed by atoms with Gasteiger partial charge < -0.3 is 0 Å². The minimum Gasteiger partial charge on any atom is -0.271 e. The average Bonchev–Trinajstić information content (AvgIpc) is 2.43. The number of hydrogen-bond acceptors (Lipinski definition) is 2. The number of halogens is 4. The predicted octanol–water partition coefficient (Wildman–Crippen LogP) is 4.64. The van der Waals surface area contributed by atoms with Gasteiger partial charge in [0.15, 0.2) is 0 Å². The molecule has 2 aromatic rings. The Morgan fingerprint density at radius 2 is 2.00 bits per heavy atom. The van der Waals surface area contributed by atoms with Crippen LogP contribution in [0.3, 0.4) is 0 Å². The standard InChI is InChI=1S/C14H12BrCl2FN2/c15-11-3-1-2-10(14(11)18)13(20-19)7-8-6-9(16)4-5-12(8)17/h1-6,13,20H,7,19H2. The van der Waals surface area contributed by atoms with E-state index < -0.39 is 6.04 Å². The van der Waals surface area contributed by atoms with Gasteiger partial charge in [0.05, 0.1) is 10.5 Å². The molecule has 1 unspecified atom stereocenters. The molecule has 0 saturated heterocycles. The Hall–Kier alpha value is -0.650. The zero-order chi connectivity index (χ0) is 14.7. The maximum absolute atomic E-state index is 14.1. The van der Waals surface area contributed by atoms with Crippen molar-refractivity contribution in [2.75, 3.05) is 0 Å². The molecule has 0 amide bonds. The lowest BCUT2D eigenvalue weighted by Crippen LogP contribution is -2.30. The Kier molecular flexibility index (Phi) is 5.41. The molecule has 0 bridgehead atoms. The molecule has 0 spiro atoms. The zero-order valence-electron chi connectivity index (χ0n) is 10.3. The van der Waals surface area contributed by atoms with E-state index in [2.05, 4.69) is 21.4 Å². The lowest BCUT2D eigenvalue weighted by Gasteiger charge is -2.18. The molecule has 6 heteroatoms. The van der Waals surface area contributed by atoms with E-state index in [1.807, 2.05) is 0 Å². The molecule has 0 aliphatic rings. The quantitative estimate of drug-likeness (QED) is 0.601. The number of nitrogens with one attached hydrogen (secondary N) is 1. The number of rotatable bonds is 4. The Bertz CT molecular complexity index is 622. The first kappa shape index (κ1) is 15.7. The summed E-state index contributed by atoms with van der Waals surface area (Å²) in [6.07, 6.45) is 0.434. The lowest BCUT2D eigenvalue weighted by atomic mass is 9.99. The molecule has 0 fully saturated rings. The molecule has 2 aromatic carbocycles. The first-order chi connectivity index (χ1) is 9.52. The van der Waals surface area contributed by atoms with E-state index in [-0.39, 0.29) is 5.82 Å². The van der Waals surface area contributed by atoms with Crippen LogP contribution in [0.5, 0.6) is 0 Å². The van der Waals surface area contributed by atoms with Crippen LogP contribution in [0.2, 0.25) is 10.0 Å². The summed E-state index contributed by atoms with van der Waals surface area (Å²) in [5, 5.41) is 1.15. The van der Waals surface area contributed by atoms with Gasteiger partial charge >= 0.3 is 0 Å². The molecule has 20 heavy (non-hydrogen) atoms. The van der Waals surface area contributed by atoms with E-state index in [0.717, 1.165) is 5.56 Å². The molecule has 0 radical (unpaired) electrons. The third kappa shape index (κ3) is 3.51. The maximum Gasteiger partial charge on any atom is 0.142 e. The first-order valence-corrected chi connectivity index (χ1v) is 7.41. The highest BCUT2D eigenvalue weighted by atomic mass is 79.9. The van der Waals surface area contributed by atoms with Crippen LogP contribution in [0.4, 0.5) is 4.39 Å². The van der Waals surface area contributed by atoms with Crippen molar-refractivity contribution in [3.63, 3.8) is 0 Å². The molecular weight excluding hydrogens is 366 g/mol. The van der Waals surface area contributed by atoms with Crippen molar-refractivity contribution in [3.05, 3.63) is 67.9 Å². The van der Waals surface area contributed by atoms with E-state index in [4.69, 9.17) is 29.0 Å². The summed E-state index contributed by atoms with van der Waals surface area (Å²) in [7, 11) is 0. The van der Waals surface area contributed by atoms with Crippen LogP contribution in [0.15, 0.2) is 40.9 Å². The second-order valence-electron chi connectivity index (χ2n) is 4.30. The van der Waals surface area contributed by atoms with Crippen molar-refractivity contribution in [1.29, 1.82) is 0 Å². The molecular formula is C14H12BrCl2FN2.